The summed E-state index contributed by atoms with van der Waals surface area (Å²) in [5, 5.41) is 9.66. The largest absolute Gasteiger partial charge is 0.494 e. The highest BCUT2D eigenvalue weighted by Crippen LogP contribution is 2.38. The predicted molar refractivity (Wildman–Crippen MR) is 150 cm³/mol. The van der Waals surface area contributed by atoms with Crippen LogP contribution in [0.5, 0.6) is 11.6 Å². The van der Waals surface area contributed by atoms with Crippen molar-refractivity contribution >= 4 is 17.0 Å². The number of aromatic nitrogens is 3. The van der Waals surface area contributed by atoms with Gasteiger partial charge >= 0.3 is 12.1 Å². The van der Waals surface area contributed by atoms with E-state index in [1.54, 1.807) is 6.07 Å². The average molecular weight is 597 g/mol. The lowest BCUT2D eigenvalue weighted by Gasteiger charge is -2.30. The Balaban J connectivity index is 1.30. The first kappa shape index (κ1) is 28.9. The summed E-state index contributed by atoms with van der Waals surface area (Å²) in [7, 11) is 1.47. The van der Waals surface area contributed by atoms with E-state index in [2.05, 4.69) is 9.88 Å². The van der Waals surface area contributed by atoms with Crippen molar-refractivity contribution in [3.8, 4) is 11.6 Å². The number of carboxylic acids is 1. The van der Waals surface area contributed by atoms with Crippen molar-refractivity contribution in [1.29, 1.82) is 0 Å². The van der Waals surface area contributed by atoms with E-state index < -0.39 is 23.6 Å². The summed E-state index contributed by atoms with van der Waals surface area (Å²) in [6.07, 6.45) is -3.37. The van der Waals surface area contributed by atoms with Crippen LogP contribution in [-0.2, 0) is 43.6 Å². The van der Waals surface area contributed by atoms with Crippen molar-refractivity contribution < 1.29 is 37.3 Å². The molecular weight excluding hydrogens is 565 g/mol. The number of hydrogen-bond acceptors (Lipinski definition) is 7. The second-order valence-electron chi connectivity index (χ2n) is 11.0. The molecule has 4 aromatic rings. The van der Waals surface area contributed by atoms with Gasteiger partial charge in [0.15, 0.2) is 0 Å². The van der Waals surface area contributed by atoms with Crippen molar-refractivity contribution in [3.05, 3.63) is 81.8 Å². The molecule has 0 spiro atoms. The van der Waals surface area contributed by atoms with Crippen LogP contribution in [0.2, 0.25) is 0 Å². The molecule has 2 aromatic carbocycles. The van der Waals surface area contributed by atoms with E-state index in [0.29, 0.717) is 73.1 Å². The predicted octanol–water partition coefficient (Wildman–Crippen LogP) is 5.39. The van der Waals surface area contributed by atoms with Crippen molar-refractivity contribution in [3.63, 3.8) is 0 Å². The summed E-state index contributed by atoms with van der Waals surface area (Å²) in [5.74, 6) is -0.483. The van der Waals surface area contributed by atoms with Gasteiger partial charge in [0.05, 0.1) is 43.1 Å². The molecule has 12 heteroatoms. The first-order chi connectivity index (χ1) is 20.6. The van der Waals surface area contributed by atoms with Crippen LogP contribution in [0.25, 0.3) is 11.0 Å². The van der Waals surface area contributed by atoms with E-state index in [1.165, 1.54) is 13.2 Å². The van der Waals surface area contributed by atoms with Gasteiger partial charge in [-0.15, -0.1) is 0 Å². The first-order valence-corrected chi connectivity index (χ1v) is 14.0. The van der Waals surface area contributed by atoms with Gasteiger partial charge in [0.25, 0.3) is 0 Å². The normalized spacial score (nSPS) is 17.0. The maximum absolute atomic E-state index is 14.0. The molecule has 43 heavy (non-hydrogen) atoms. The summed E-state index contributed by atoms with van der Waals surface area (Å²) in [6.45, 7) is 4.22. The zero-order valence-corrected chi connectivity index (χ0v) is 23.8. The fourth-order valence-corrected chi connectivity index (χ4v) is 5.46. The third-order valence-corrected chi connectivity index (χ3v) is 7.94. The number of alkyl halides is 3. The number of fused-ring (bicyclic) bond motifs is 2. The molecule has 1 fully saturated rings. The summed E-state index contributed by atoms with van der Waals surface area (Å²) >= 11 is 0. The number of aryl methyl sites for hydroxylation is 1. The monoisotopic (exact) mass is 596 g/mol. The lowest BCUT2D eigenvalue weighted by atomic mass is 10.0. The number of carbonyl (C=O) groups is 1. The number of hydrogen-bond donors (Lipinski definition) is 1. The third kappa shape index (κ3) is 6.02. The Hall–Kier alpha value is -4.16. The van der Waals surface area contributed by atoms with Gasteiger partial charge in [-0.1, -0.05) is 29.8 Å². The van der Waals surface area contributed by atoms with Gasteiger partial charge in [-0.3, -0.25) is 4.90 Å². The highest BCUT2D eigenvalue weighted by molar-refractivity contribution is 5.95. The highest BCUT2D eigenvalue weighted by Gasteiger charge is 2.37. The Morgan fingerprint density at radius 1 is 1.16 bits per heavy atom. The molecule has 226 valence electrons. The van der Waals surface area contributed by atoms with Crippen LogP contribution in [0.1, 0.15) is 50.6 Å². The number of methoxy groups -OCH3 is 1. The van der Waals surface area contributed by atoms with Crippen molar-refractivity contribution in [2.45, 2.75) is 58.3 Å². The molecule has 1 saturated heterocycles. The Morgan fingerprint density at radius 3 is 2.58 bits per heavy atom. The van der Waals surface area contributed by atoms with E-state index in [-0.39, 0.29) is 18.3 Å². The molecule has 1 atom stereocenters. The Morgan fingerprint density at radius 2 is 1.93 bits per heavy atom. The molecule has 0 saturated carbocycles. The number of carboxylic acid groups (broad SMARTS) is 1. The van der Waals surface area contributed by atoms with Crippen LogP contribution in [0.15, 0.2) is 42.5 Å². The summed E-state index contributed by atoms with van der Waals surface area (Å²) < 4.78 is 60.7. The summed E-state index contributed by atoms with van der Waals surface area (Å²) in [6, 6.07) is 11.6. The van der Waals surface area contributed by atoms with Gasteiger partial charge in [0.1, 0.15) is 29.3 Å². The number of rotatable bonds is 9. The second kappa shape index (κ2) is 11.5. The number of benzene rings is 2. The van der Waals surface area contributed by atoms with Crippen LogP contribution < -0.4 is 9.47 Å². The number of nitrogens with zero attached hydrogens (tertiary/aromatic N) is 4. The van der Waals surface area contributed by atoms with E-state index >= 15 is 0 Å². The molecule has 6 rings (SSSR count). The minimum Gasteiger partial charge on any atom is -0.494 e. The molecule has 2 aromatic heterocycles. The van der Waals surface area contributed by atoms with Gasteiger partial charge in [-0.05, 0) is 49.1 Å². The van der Waals surface area contributed by atoms with E-state index in [4.69, 9.17) is 19.2 Å². The maximum Gasteiger partial charge on any atom is 0.421 e. The molecule has 0 aliphatic carbocycles. The topological polar surface area (TPSA) is 98.9 Å². The van der Waals surface area contributed by atoms with Crippen molar-refractivity contribution in [2.24, 2.45) is 0 Å². The molecule has 4 heterocycles. The lowest BCUT2D eigenvalue weighted by molar-refractivity contribution is -0.139. The second-order valence-corrected chi connectivity index (χ2v) is 11.0. The van der Waals surface area contributed by atoms with E-state index in [0.717, 1.165) is 23.6 Å². The SMILES string of the molecule is COc1cc(C(=O)O)cc2c1nc(CN1CCc3cc(C(F)(F)F)c(OCc4ccc(C)cc4)nc3C1)n2C[C@@H]1CCO1. The number of halogens is 3. The molecule has 0 radical (unpaired) electrons. The van der Waals surface area contributed by atoms with Crippen LogP contribution in [0.4, 0.5) is 13.2 Å². The van der Waals surface area contributed by atoms with Gasteiger partial charge in [0.2, 0.25) is 5.88 Å². The average Bonchev–Trinajstić information content (AvgIpc) is 3.29. The summed E-state index contributed by atoms with van der Waals surface area (Å²) in [5.41, 5.74) is 3.22. The molecule has 2 aliphatic heterocycles. The Labute approximate surface area is 245 Å². The maximum atomic E-state index is 14.0. The molecule has 0 unspecified atom stereocenters. The number of ether oxygens (including phenoxy) is 3. The standard InChI is InChI=1S/C31H31F3N4O5/c1-18-3-5-19(6-4-18)17-43-29-23(31(32,33)34)11-20-7-9-37(15-24(20)35-29)16-27-36-28-25(38(27)14-22-8-10-42-22)12-21(30(39)40)13-26(28)41-2/h3-6,11-13,22H,7-10,14-17H2,1-2H3,(H,39,40)/t22-/m0/s1. The Kier molecular flexibility index (Phi) is 7.74. The highest BCUT2D eigenvalue weighted by atomic mass is 19.4. The fourth-order valence-electron chi connectivity index (χ4n) is 5.46. The van der Waals surface area contributed by atoms with Crippen LogP contribution in [0, 0.1) is 6.92 Å². The number of aromatic carboxylic acids is 1. The fraction of sp³-hybridized carbons (Fsp3) is 0.387. The molecule has 9 nitrogen and oxygen atoms in total. The van der Waals surface area contributed by atoms with E-state index in [1.807, 2.05) is 35.8 Å². The van der Waals surface area contributed by atoms with E-state index in [9.17, 15) is 23.1 Å². The van der Waals surface area contributed by atoms with Crippen molar-refractivity contribution in [2.75, 3.05) is 20.3 Å². The number of imidazole rings is 1. The third-order valence-electron chi connectivity index (χ3n) is 7.94. The molecule has 1 N–H and O–H groups in total. The van der Waals surface area contributed by atoms with Gasteiger partial charge in [-0.25, -0.2) is 14.8 Å². The Bertz CT molecular complexity index is 1670. The molecular formula is C31H31F3N4O5. The smallest absolute Gasteiger partial charge is 0.421 e. The lowest BCUT2D eigenvalue weighted by Crippen LogP contribution is -2.34. The zero-order valence-electron chi connectivity index (χ0n) is 23.8. The quantitative estimate of drug-likeness (QED) is 0.275. The van der Waals surface area contributed by atoms with Crippen LogP contribution in [-0.4, -0.2) is 56.9 Å². The van der Waals surface area contributed by atoms with Gasteiger partial charge < -0.3 is 23.9 Å². The molecule has 0 amide bonds. The van der Waals surface area contributed by atoms with Crippen LogP contribution in [0.3, 0.4) is 0 Å². The molecule has 0 bridgehead atoms. The van der Waals surface area contributed by atoms with Crippen molar-refractivity contribution in [1.82, 2.24) is 19.4 Å². The minimum atomic E-state index is -4.61. The number of pyridine rings is 1. The van der Waals surface area contributed by atoms with Gasteiger partial charge in [-0.2, -0.15) is 13.2 Å². The van der Waals surface area contributed by atoms with Crippen LogP contribution >= 0.6 is 0 Å². The first-order valence-electron chi connectivity index (χ1n) is 14.0. The minimum absolute atomic E-state index is 0.0200. The zero-order chi connectivity index (χ0) is 30.3. The summed E-state index contributed by atoms with van der Waals surface area (Å²) in [4.78, 5) is 23.1. The molecule has 2 aliphatic rings. The van der Waals surface area contributed by atoms with Gasteiger partial charge in [0, 0.05) is 19.7 Å².